The minimum Gasteiger partial charge on any atom is -0.261 e. The van der Waals surface area contributed by atoms with Crippen LogP contribution in [0, 0.1) is 59.2 Å². The summed E-state index contributed by atoms with van der Waals surface area (Å²) in [5.41, 5.74) is 5.66. The number of hydrogen-bond acceptors (Lipinski definition) is 1. The summed E-state index contributed by atoms with van der Waals surface area (Å²) < 4.78 is 0. The molecule has 0 aromatic carbocycles. The van der Waals surface area contributed by atoms with E-state index in [1.54, 1.807) is 5.56 Å². The Bertz CT molecular complexity index is 826. The highest BCUT2D eigenvalue weighted by atomic mass is 14.7. The minimum absolute atomic E-state index is 0.506. The molecular formula is C31H49N. The molecular weight excluding hydrogens is 386 g/mol. The molecule has 0 saturated heterocycles. The summed E-state index contributed by atoms with van der Waals surface area (Å²) in [7, 11) is 0. The van der Waals surface area contributed by atoms with Crippen molar-refractivity contribution < 1.29 is 0 Å². The number of nitrogens with zero attached hydrogens (tertiary/aromatic N) is 1. The first-order valence-electron chi connectivity index (χ1n) is 14.2. The van der Waals surface area contributed by atoms with Gasteiger partial charge in [0.2, 0.25) is 0 Å². The van der Waals surface area contributed by atoms with E-state index < -0.39 is 0 Å². The lowest BCUT2D eigenvalue weighted by Gasteiger charge is -2.61. The summed E-state index contributed by atoms with van der Waals surface area (Å²) in [6.45, 7) is 15.1. The number of rotatable bonds is 5. The van der Waals surface area contributed by atoms with E-state index in [9.17, 15) is 0 Å². The van der Waals surface area contributed by atoms with E-state index in [1.165, 1.54) is 81.9 Å². The van der Waals surface area contributed by atoms with Gasteiger partial charge in [0.25, 0.3) is 0 Å². The molecule has 1 nitrogen and oxygen atoms in total. The summed E-state index contributed by atoms with van der Waals surface area (Å²) in [6, 6.07) is 2.25. The van der Waals surface area contributed by atoms with Gasteiger partial charge in [0.15, 0.2) is 0 Å². The smallest absolute Gasteiger partial charge is 0.0441 e. The van der Waals surface area contributed by atoms with Gasteiger partial charge >= 0.3 is 0 Å². The lowest BCUT2D eigenvalue weighted by molar-refractivity contribution is -0.103. The largest absolute Gasteiger partial charge is 0.261 e. The van der Waals surface area contributed by atoms with Crippen LogP contribution in [0.4, 0.5) is 0 Å². The van der Waals surface area contributed by atoms with Crippen LogP contribution in [0.15, 0.2) is 12.3 Å². The Morgan fingerprint density at radius 2 is 1.75 bits per heavy atom. The van der Waals surface area contributed by atoms with Crippen molar-refractivity contribution in [3.05, 3.63) is 29.1 Å². The topological polar surface area (TPSA) is 12.9 Å². The molecule has 0 bridgehead atoms. The average molecular weight is 436 g/mol. The number of pyridine rings is 1. The van der Waals surface area contributed by atoms with E-state index in [4.69, 9.17) is 4.98 Å². The molecule has 3 saturated carbocycles. The Labute approximate surface area is 198 Å². The van der Waals surface area contributed by atoms with Gasteiger partial charge in [-0.2, -0.15) is 0 Å². The second kappa shape index (κ2) is 8.42. The van der Waals surface area contributed by atoms with Gasteiger partial charge in [-0.25, -0.2) is 0 Å². The molecule has 8 unspecified atom stereocenters. The standard InChI is InChI=1S/C31H49N/c1-20(2)8-7-9-22(4)26-12-13-27-24-11-10-23-18-29-25(21(3)15-17-32-29)19-31(23,6)28(24)14-16-30(26,27)5/h15,17,20,22-24,26-28H,7-14,16,18-19H2,1-6H3. The van der Waals surface area contributed by atoms with Crippen LogP contribution in [0.25, 0.3) is 0 Å². The van der Waals surface area contributed by atoms with Crippen LogP contribution >= 0.6 is 0 Å². The monoisotopic (exact) mass is 435 g/mol. The van der Waals surface area contributed by atoms with E-state index in [-0.39, 0.29) is 0 Å². The van der Waals surface area contributed by atoms with Gasteiger partial charge in [-0.15, -0.1) is 0 Å². The Balaban J connectivity index is 1.35. The highest BCUT2D eigenvalue weighted by molar-refractivity contribution is 5.34. The normalized spacial score (nSPS) is 41.5. The zero-order valence-corrected chi connectivity index (χ0v) is 21.9. The van der Waals surface area contributed by atoms with Gasteiger partial charge in [-0.1, -0.05) is 53.9 Å². The quantitative estimate of drug-likeness (QED) is 0.452. The molecule has 0 radical (unpaired) electrons. The van der Waals surface area contributed by atoms with Crippen molar-refractivity contribution in [1.82, 2.24) is 4.98 Å². The number of aromatic nitrogens is 1. The number of hydrogen-bond donors (Lipinski definition) is 0. The molecule has 4 aliphatic carbocycles. The van der Waals surface area contributed by atoms with Crippen LogP contribution in [-0.2, 0) is 12.8 Å². The molecule has 0 N–H and O–H groups in total. The molecule has 3 fully saturated rings. The Morgan fingerprint density at radius 3 is 2.53 bits per heavy atom. The lowest BCUT2D eigenvalue weighted by atomic mass is 9.44. The van der Waals surface area contributed by atoms with E-state index in [1.807, 2.05) is 0 Å². The van der Waals surface area contributed by atoms with Gasteiger partial charge in [0, 0.05) is 11.9 Å². The summed E-state index contributed by atoms with van der Waals surface area (Å²) in [5, 5.41) is 0. The molecule has 1 heteroatoms. The summed E-state index contributed by atoms with van der Waals surface area (Å²) in [5.74, 6) is 6.55. The minimum atomic E-state index is 0.506. The molecule has 32 heavy (non-hydrogen) atoms. The van der Waals surface area contributed by atoms with E-state index >= 15 is 0 Å². The van der Waals surface area contributed by atoms with Crippen LogP contribution < -0.4 is 0 Å². The van der Waals surface area contributed by atoms with Crippen LogP contribution in [0.5, 0.6) is 0 Å². The van der Waals surface area contributed by atoms with Gasteiger partial charge < -0.3 is 0 Å². The second-order valence-corrected chi connectivity index (χ2v) is 13.6. The molecule has 0 aliphatic heterocycles. The predicted octanol–water partition coefficient (Wildman–Crippen LogP) is 8.43. The first-order valence-corrected chi connectivity index (χ1v) is 14.2. The van der Waals surface area contributed by atoms with Gasteiger partial charge in [0.05, 0.1) is 0 Å². The Kier molecular flexibility index (Phi) is 6.03. The van der Waals surface area contributed by atoms with Gasteiger partial charge in [-0.3, -0.25) is 4.98 Å². The SMILES string of the molecule is Cc1ccnc2c1CC1(C)C(CCC3C1CCC1(C)C(C(C)CCCC(C)C)CCC31)C2. The molecule has 0 amide bonds. The Hall–Kier alpha value is -0.850. The molecule has 8 atom stereocenters. The zero-order valence-electron chi connectivity index (χ0n) is 21.9. The van der Waals surface area contributed by atoms with Crippen LogP contribution in [-0.4, -0.2) is 4.98 Å². The van der Waals surface area contributed by atoms with Crippen molar-refractivity contribution in [2.24, 2.45) is 52.3 Å². The van der Waals surface area contributed by atoms with Crippen LogP contribution in [0.2, 0.25) is 0 Å². The molecule has 4 aliphatic rings. The van der Waals surface area contributed by atoms with Crippen LogP contribution in [0.3, 0.4) is 0 Å². The van der Waals surface area contributed by atoms with Gasteiger partial charge in [0.1, 0.15) is 0 Å². The Morgan fingerprint density at radius 1 is 0.969 bits per heavy atom. The molecule has 1 aromatic heterocycles. The fraction of sp³-hybridized carbons (Fsp3) is 0.839. The first-order chi connectivity index (χ1) is 15.2. The van der Waals surface area contributed by atoms with Crippen molar-refractivity contribution in [2.75, 3.05) is 0 Å². The molecule has 0 spiro atoms. The van der Waals surface area contributed by atoms with E-state index in [0.29, 0.717) is 10.8 Å². The first kappa shape index (κ1) is 22.9. The third-order valence-electron chi connectivity index (χ3n) is 11.6. The summed E-state index contributed by atoms with van der Waals surface area (Å²) in [4.78, 5) is 4.84. The fourth-order valence-corrected chi connectivity index (χ4v) is 9.85. The second-order valence-electron chi connectivity index (χ2n) is 13.6. The third kappa shape index (κ3) is 3.60. The fourth-order valence-electron chi connectivity index (χ4n) is 9.85. The summed E-state index contributed by atoms with van der Waals surface area (Å²) >= 11 is 0. The van der Waals surface area contributed by atoms with Crippen molar-refractivity contribution >= 4 is 0 Å². The molecule has 1 heterocycles. The molecule has 1 aromatic rings. The maximum Gasteiger partial charge on any atom is 0.0441 e. The summed E-state index contributed by atoms with van der Waals surface area (Å²) in [6.07, 6.45) is 17.9. The maximum atomic E-state index is 4.84. The highest BCUT2D eigenvalue weighted by Crippen LogP contribution is 2.68. The van der Waals surface area contributed by atoms with Crippen molar-refractivity contribution in [3.8, 4) is 0 Å². The third-order valence-corrected chi connectivity index (χ3v) is 11.6. The predicted molar refractivity (Wildman–Crippen MR) is 136 cm³/mol. The number of aryl methyl sites for hydroxylation is 1. The van der Waals surface area contributed by atoms with E-state index in [0.717, 1.165) is 41.4 Å². The lowest BCUT2D eigenvalue weighted by Crippen LogP contribution is -2.54. The highest BCUT2D eigenvalue weighted by Gasteiger charge is 2.60. The van der Waals surface area contributed by atoms with Crippen molar-refractivity contribution in [2.45, 2.75) is 112 Å². The number of fused-ring (bicyclic) bond motifs is 6. The average Bonchev–Trinajstić information content (AvgIpc) is 3.10. The van der Waals surface area contributed by atoms with Crippen molar-refractivity contribution in [1.29, 1.82) is 0 Å². The molecule has 178 valence electrons. The maximum absolute atomic E-state index is 4.84. The molecule has 5 rings (SSSR count). The van der Waals surface area contributed by atoms with Crippen LogP contribution in [0.1, 0.15) is 109 Å². The van der Waals surface area contributed by atoms with E-state index in [2.05, 4.69) is 53.8 Å². The van der Waals surface area contributed by atoms with Gasteiger partial charge in [-0.05, 0) is 128 Å². The zero-order chi connectivity index (χ0) is 22.7. The van der Waals surface area contributed by atoms with Crippen molar-refractivity contribution in [3.63, 3.8) is 0 Å².